The van der Waals surface area contributed by atoms with Crippen LogP contribution in [0.1, 0.15) is 33.1 Å². The molecule has 3 fully saturated rings. The predicted molar refractivity (Wildman–Crippen MR) is 94.1 cm³/mol. The van der Waals surface area contributed by atoms with Gasteiger partial charge in [0.15, 0.2) is 0 Å². The molecule has 0 bridgehead atoms. The summed E-state index contributed by atoms with van der Waals surface area (Å²) in [5.74, 6) is -1.01. The minimum Gasteiger partial charge on any atom is -0.333 e. The summed E-state index contributed by atoms with van der Waals surface area (Å²) in [5, 5.41) is 3.31. The van der Waals surface area contributed by atoms with Gasteiger partial charge in [0.2, 0.25) is 21.8 Å². The first kappa shape index (κ1) is 18.4. The van der Waals surface area contributed by atoms with E-state index in [1.165, 1.54) is 12.8 Å². The molecule has 1 saturated carbocycles. The standard InChI is InChI=1S/C17H27N3O4S/c1-11(2)15-16-13(20(17(15)22)25(3,23)24)8-10-19(16)14(21)5-4-9-18-12-6-7-12/h4-5,11-13,15-16,18H,6-10H2,1-3H3/b5-4+/t13-,15+,16-/m0/s1. The summed E-state index contributed by atoms with van der Waals surface area (Å²) in [7, 11) is -3.63. The highest BCUT2D eigenvalue weighted by atomic mass is 32.2. The third-order valence-corrected chi connectivity index (χ3v) is 6.48. The summed E-state index contributed by atoms with van der Waals surface area (Å²) in [6.07, 6.45) is 7.31. The molecule has 1 N–H and O–H groups in total. The molecule has 2 saturated heterocycles. The van der Waals surface area contributed by atoms with Gasteiger partial charge in [-0.15, -0.1) is 0 Å². The Morgan fingerprint density at radius 3 is 2.56 bits per heavy atom. The highest BCUT2D eigenvalue weighted by Gasteiger charge is 2.58. The minimum absolute atomic E-state index is 0.0272. The molecule has 2 heterocycles. The number of nitrogens with one attached hydrogen (secondary N) is 1. The van der Waals surface area contributed by atoms with Gasteiger partial charge in [0, 0.05) is 25.2 Å². The Hall–Kier alpha value is -1.41. The highest BCUT2D eigenvalue weighted by Crippen LogP contribution is 2.41. The van der Waals surface area contributed by atoms with E-state index in [1.807, 2.05) is 19.9 Å². The molecule has 0 aromatic carbocycles. The molecule has 2 aliphatic heterocycles. The first-order valence-electron chi connectivity index (χ1n) is 8.95. The third kappa shape index (κ3) is 3.60. The zero-order valence-electron chi connectivity index (χ0n) is 15.0. The van der Waals surface area contributed by atoms with Crippen molar-refractivity contribution in [2.45, 2.75) is 51.2 Å². The van der Waals surface area contributed by atoms with Gasteiger partial charge in [0.25, 0.3) is 0 Å². The van der Waals surface area contributed by atoms with Crippen LogP contribution in [0.15, 0.2) is 12.2 Å². The van der Waals surface area contributed by atoms with E-state index in [2.05, 4.69) is 5.32 Å². The Kier molecular flexibility index (Phi) is 4.94. The average Bonchev–Trinajstić information content (AvgIpc) is 3.15. The van der Waals surface area contributed by atoms with Crippen molar-refractivity contribution in [2.75, 3.05) is 19.3 Å². The molecule has 8 heteroatoms. The van der Waals surface area contributed by atoms with Crippen LogP contribution in [-0.4, -0.2) is 66.9 Å². The zero-order chi connectivity index (χ0) is 18.4. The number of rotatable bonds is 6. The van der Waals surface area contributed by atoms with E-state index < -0.39 is 22.0 Å². The Morgan fingerprint density at radius 1 is 1.32 bits per heavy atom. The Morgan fingerprint density at radius 2 is 2.00 bits per heavy atom. The summed E-state index contributed by atoms with van der Waals surface area (Å²) < 4.78 is 25.2. The molecule has 1 aliphatic carbocycles. The van der Waals surface area contributed by atoms with Crippen LogP contribution >= 0.6 is 0 Å². The third-order valence-electron chi connectivity index (χ3n) is 5.31. The van der Waals surface area contributed by atoms with Crippen molar-refractivity contribution < 1.29 is 18.0 Å². The van der Waals surface area contributed by atoms with Crippen LogP contribution in [0.3, 0.4) is 0 Å². The molecule has 2 amide bonds. The first-order chi connectivity index (χ1) is 11.7. The SMILES string of the molecule is CC(C)[C@H]1C(=O)N(S(C)(=O)=O)[C@H]2CCN(C(=O)/C=C/CNC3CC3)[C@H]12. The van der Waals surface area contributed by atoms with E-state index >= 15 is 0 Å². The van der Waals surface area contributed by atoms with Crippen molar-refractivity contribution in [1.29, 1.82) is 0 Å². The molecule has 0 spiro atoms. The van der Waals surface area contributed by atoms with Crippen molar-refractivity contribution in [3.63, 3.8) is 0 Å². The van der Waals surface area contributed by atoms with Crippen LogP contribution in [0.5, 0.6) is 0 Å². The Balaban J connectivity index is 1.76. The largest absolute Gasteiger partial charge is 0.333 e. The van der Waals surface area contributed by atoms with Gasteiger partial charge in [-0.1, -0.05) is 19.9 Å². The van der Waals surface area contributed by atoms with Crippen LogP contribution in [0.2, 0.25) is 0 Å². The second-order valence-corrected chi connectivity index (χ2v) is 9.49. The van der Waals surface area contributed by atoms with E-state index in [-0.39, 0.29) is 23.8 Å². The molecule has 25 heavy (non-hydrogen) atoms. The van der Waals surface area contributed by atoms with Gasteiger partial charge in [-0.3, -0.25) is 9.59 Å². The summed E-state index contributed by atoms with van der Waals surface area (Å²) >= 11 is 0. The predicted octanol–water partition coefficient (Wildman–Crippen LogP) is 0.338. The fourth-order valence-corrected chi connectivity index (χ4v) is 5.24. The smallest absolute Gasteiger partial charge is 0.246 e. The van der Waals surface area contributed by atoms with Crippen LogP contribution in [0, 0.1) is 11.8 Å². The molecule has 140 valence electrons. The summed E-state index contributed by atoms with van der Waals surface area (Å²) in [5.41, 5.74) is 0. The van der Waals surface area contributed by atoms with Crippen LogP contribution < -0.4 is 5.32 Å². The van der Waals surface area contributed by atoms with E-state index in [0.717, 1.165) is 10.6 Å². The maximum absolute atomic E-state index is 12.7. The number of carbonyl (C=O) groups is 2. The maximum atomic E-state index is 12.7. The number of sulfonamides is 1. The van der Waals surface area contributed by atoms with Gasteiger partial charge >= 0.3 is 0 Å². The molecule has 0 unspecified atom stereocenters. The van der Waals surface area contributed by atoms with Gasteiger partial charge in [0.1, 0.15) is 0 Å². The van der Waals surface area contributed by atoms with Gasteiger partial charge in [0.05, 0.1) is 24.3 Å². The Labute approximate surface area is 149 Å². The van der Waals surface area contributed by atoms with E-state index in [1.54, 1.807) is 11.0 Å². The van der Waals surface area contributed by atoms with Gasteiger partial charge in [-0.05, 0) is 25.2 Å². The second-order valence-electron chi connectivity index (χ2n) is 7.63. The molecule has 3 atom stereocenters. The highest BCUT2D eigenvalue weighted by molar-refractivity contribution is 7.88. The molecule has 0 radical (unpaired) electrons. The lowest BCUT2D eigenvalue weighted by Crippen LogP contribution is -2.43. The number of likely N-dealkylation sites (tertiary alicyclic amines) is 1. The number of hydrogen-bond donors (Lipinski definition) is 1. The fraction of sp³-hybridized carbons (Fsp3) is 0.765. The maximum Gasteiger partial charge on any atom is 0.246 e. The quantitative estimate of drug-likeness (QED) is 0.682. The van der Waals surface area contributed by atoms with Crippen LogP contribution in [-0.2, 0) is 19.6 Å². The first-order valence-corrected chi connectivity index (χ1v) is 10.8. The van der Waals surface area contributed by atoms with Gasteiger partial charge in [-0.2, -0.15) is 0 Å². The molecule has 0 aromatic heterocycles. The Bertz CT molecular complexity index is 684. The molecular formula is C17H27N3O4S. The summed E-state index contributed by atoms with van der Waals surface area (Å²) in [6, 6.07) is -0.218. The lowest BCUT2D eigenvalue weighted by molar-refractivity contribution is -0.131. The molecule has 7 nitrogen and oxygen atoms in total. The summed E-state index contributed by atoms with van der Waals surface area (Å²) in [6.45, 7) is 4.95. The lowest BCUT2D eigenvalue weighted by Gasteiger charge is -2.28. The van der Waals surface area contributed by atoms with E-state index in [9.17, 15) is 18.0 Å². The van der Waals surface area contributed by atoms with Gasteiger partial charge in [-0.25, -0.2) is 12.7 Å². The van der Waals surface area contributed by atoms with Gasteiger partial charge < -0.3 is 10.2 Å². The zero-order valence-corrected chi connectivity index (χ0v) is 15.8. The number of carbonyl (C=O) groups excluding carboxylic acids is 2. The van der Waals surface area contributed by atoms with Crippen molar-refractivity contribution in [1.82, 2.24) is 14.5 Å². The van der Waals surface area contributed by atoms with Crippen molar-refractivity contribution in [3.8, 4) is 0 Å². The number of hydrogen-bond acceptors (Lipinski definition) is 5. The van der Waals surface area contributed by atoms with E-state index in [0.29, 0.717) is 25.6 Å². The number of nitrogens with zero attached hydrogens (tertiary/aromatic N) is 2. The normalized spacial score (nSPS) is 29.9. The van der Waals surface area contributed by atoms with Crippen molar-refractivity contribution in [3.05, 3.63) is 12.2 Å². The van der Waals surface area contributed by atoms with E-state index in [4.69, 9.17) is 0 Å². The van der Waals surface area contributed by atoms with Crippen molar-refractivity contribution in [2.24, 2.45) is 11.8 Å². The van der Waals surface area contributed by atoms with Crippen LogP contribution in [0.25, 0.3) is 0 Å². The lowest BCUT2D eigenvalue weighted by atomic mass is 9.88. The monoisotopic (exact) mass is 369 g/mol. The summed E-state index contributed by atoms with van der Waals surface area (Å²) in [4.78, 5) is 27.0. The van der Waals surface area contributed by atoms with Crippen molar-refractivity contribution >= 4 is 21.8 Å². The minimum atomic E-state index is -3.63. The topological polar surface area (TPSA) is 86.8 Å². The second kappa shape index (κ2) is 6.72. The molecule has 3 aliphatic rings. The average molecular weight is 369 g/mol. The molecular weight excluding hydrogens is 342 g/mol. The van der Waals surface area contributed by atoms with Crippen LogP contribution in [0.4, 0.5) is 0 Å². The molecule has 0 aromatic rings. The number of amides is 2. The molecule has 3 rings (SSSR count). The fourth-order valence-electron chi connectivity index (χ4n) is 4.07. The number of fused-ring (bicyclic) bond motifs is 1.